The van der Waals surface area contributed by atoms with Gasteiger partial charge in [0.1, 0.15) is 5.75 Å². The third kappa shape index (κ3) is 3.85. The average molecular weight is 264 g/mol. The highest BCUT2D eigenvalue weighted by Gasteiger charge is 2.20. The van der Waals surface area contributed by atoms with E-state index in [1.54, 1.807) is 7.11 Å². The Bertz CT molecular complexity index is 407. The standard InChI is InChI=1S/C15H24N2O2/c1-3-19-14-5-4-8-17(11-14)10-12-9-13(18-2)6-7-15(12)16/h6-7,9,14H,3-5,8,10-11,16H2,1-2H3. The molecule has 1 aromatic rings. The van der Waals surface area contributed by atoms with E-state index < -0.39 is 0 Å². The monoisotopic (exact) mass is 264 g/mol. The number of nitrogen functional groups attached to an aromatic ring is 1. The summed E-state index contributed by atoms with van der Waals surface area (Å²) in [5.74, 6) is 0.863. The number of piperidine rings is 1. The third-order valence-electron chi connectivity index (χ3n) is 3.61. The van der Waals surface area contributed by atoms with Crippen molar-refractivity contribution in [2.24, 2.45) is 0 Å². The van der Waals surface area contributed by atoms with Crippen LogP contribution in [0.15, 0.2) is 18.2 Å². The first-order valence-electron chi connectivity index (χ1n) is 6.99. The Morgan fingerprint density at radius 1 is 1.42 bits per heavy atom. The third-order valence-corrected chi connectivity index (χ3v) is 3.61. The van der Waals surface area contributed by atoms with Crippen LogP contribution in [0.25, 0.3) is 0 Å². The molecular weight excluding hydrogens is 240 g/mol. The van der Waals surface area contributed by atoms with Crippen LogP contribution in [-0.2, 0) is 11.3 Å². The highest BCUT2D eigenvalue weighted by molar-refractivity contribution is 5.50. The van der Waals surface area contributed by atoms with Crippen LogP contribution in [0.4, 0.5) is 5.69 Å². The highest BCUT2D eigenvalue weighted by atomic mass is 16.5. The van der Waals surface area contributed by atoms with Gasteiger partial charge in [-0.1, -0.05) is 0 Å². The van der Waals surface area contributed by atoms with Crippen molar-refractivity contribution in [3.05, 3.63) is 23.8 Å². The normalized spacial score (nSPS) is 20.4. The van der Waals surface area contributed by atoms with Gasteiger partial charge in [0.05, 0.1) is 13.2 Å². The van der Waals surface area contributed by atoms with Gasteiger partial charge in [0, 0.05) is 25.4 Å². The number of likely N-dealkylation sites (tertiary alicyclic amines) is 1. The molecule has 2 N–H and O–H groups in total. The summed E-state index contributed by atoms with van der Waals surface area (Å²) in [6.45, 7) is 5.82. The molecule has 1 aliphatic rings. The summed E-state index contributed by atoms with van der Waals surface area (Å²) >= 11 is 0. The fraction of sp³-hybridized carbons (Fsp3) is 0.600. The van der Waals surface area contributed by atoms with Crippen LogP contribution in [0.5, 0.6) is 5.75 Å². The first-order chi connectivity index (χ1) is 9.22. The van der Waals surface area contributed by atoms with Gasteiger partial charge in [-0.15, -0.1) is 0 Å². The minimum atomic E-state index is 0.366. The summed E-state index contributed by atoms with van der Waals surface area (Å²) in [5, 5.41) is 0. The lowest BCUT2D eigenvalue weighted by Crippen LogP contribution is -2.39. The fourth-order valence-electron chi connectivity index (χ4n) is 2.62. The molecule has 0 amide bonds. The van der Waals surface area contributed by atoms with Crippen LogP contribution in [0.2, 0.25) is 0 Å². The molecule has 0 bridgehead atoms. The molecule has 2 rings (SSSR count). The predicted octanol–water partition coefficient (Wildman–Crippen LogP) is 2.28. The molecule has 1 saturated heterocycles. The molecule has 19 heavy (non-hydrogen) atoms. The van der Waals surface area contributed by atoms with Gasteiger partial charge >= 0.3 is 0 Å². The van der Waals surface area contributed by atoms with E-state index in [4.69, 9.17) is 15.2 Å². The number of hydrogen-bond donors (Lipinski definition) is 1. The van der Waals surface area contributed by atoms with E-state index in [9.17, 15) is 0 Å². The minimum Gasteiger partial charge on any atom is -0.497 e. The number of benzene rings is 1. The zero-order chi connectivity index (χ0) is 13.7. The Hall–Kier alpha value is -1.26. The Morgan fingerprint density at radius 3 is 3.00 bits per heavy atom. The van der Waals surface area contributed by atoms with Crippen molar-refractivity contribution < 1.29 is 9.47 Å². The summed E-state index contributed by atoms with van der Waals surface area (Å²) in [7, 11) is 1.68. The van der Waals surface area contributed by atoms with Crippen molar-refractivity contribution in [3.63, 3.8) is 0 Å². The van der Waals surface area contributed by atoms with Crippen LogP contribution < -0.4 is 10.5 Å². The number of nitrogens with zero attached hydrogens (tertiary/aromatic N) is 1. The molecule has 4 nitrogen and oxygen atoms in total. The van der Waals surface area contributed by atoms with Crippen molar-refractivity contribution in [3.8, 4) is 5.75 Å². The number of methoxy groups -OCH3 is 1. The molecule has 1 atom stereocenters. The molecule has 1 aromatic carbocycles. The van der Waals surface area contributed by atoms with E-state index in [-0.39, 0.29) is 0 Å². The van der Waals surface area contributed by atoms with Crippen molar-refractivity contribution in [1.29, 1.82) is 0 Å². The largest absolute Gasteiger partial charge is 0.497 e. The minimum absolute atomic E-state index is 0.366. The molecule has 1 aliphatic heterocycles. The predicted molar refractivity (Wildman–Crippen MR) is 77.3 cm³/mol. The summed E-state index contributed by atoms with van der Waals surface area (Å²) in [5.41, 5.74) is 8.01. The van der Waals surface area contributed by atoms with Crippen LogP contribution in [0.1, 0.15) is 25.3 Å². The molecule has 0 aliphatic carbocycles. The molecule has 4 heteroatoms. The van der Waals surface area contributed by atoms with Crippen molar-refractivity contribution in [1.82, 2.24) is 4.90 Å². The summed E-state index contributed by atoms with van der Waals surface area (Å²) in [4.78, 5) is 2.41. The van der Waals surface area contributed by atoms with Crippen LogP contribution in [-0.4, -0.2) is 37.8 Å². The topological polar surface area (TPSA) is 47.7 Å². The van der Waals surface area contributed by atoms with Gasteiger partial charge in [-0.05, 0) is 50.1 Å². The number of rotatable bonds is 5. The van der Waals surface area contributed by atoms with Gasteiger partial charge in [0.25, 0.3) is 0 Å². The highest BCUT2D eigenvalue weighted by Crippen LogP contribution is 2.23. The van der Waals surface area contributed by atoms with Gasteiger partial charge in [-0.3, -0.25) is 4.90 Å². The van der Waals surface area contributed by atoms with E-state index in [1.807, 2.05) is 18.2 Å². The van der Waals surface area contributed by atoms with Gasteiger partial charge in [-0.25, -0.2) is 0 Å². The fourth-order valence-corrected chi connectivity index (χ4v) is 2.62. The molecule has 1 fully saturated rings. The number of hydrogen-bond acceptors (Lipinski definition) is 4. The van der Waals surface area contributed by atoms with Crippen molar-refractivity contribution >= 4 is 5.69 Å². The molecule has 0 aromatic heterocycles. The Balaban J connectivity index is 2.00. The lowest BCUT2D eigenvalue weighted by molar-refractivity contribution is 0.00367. The van der Waals surface area contributed by atoms with Crippen LogP contribution in [0, 0.1) is 0 Å². The number of ether oxygens (including phenoxy) is 2. The zero-order valence-corrected chi connectivity index (χ0v) is 11.9. The lowest BCUT2D eigenvalue weighted by Gasteiger charge is -2.32. The van der Waals surface area contributed by atoms with Crippen LogP contribution in [0.3, 0.4) is 0 Å². The molecule has 1 heterocycles. The maximum Gasteiger partial charge on any atom is 0.119 e. The molecule has 0 saturated carbocycles. The quantitative estimate of drug-likeness (QED) is 0.829. The smallest absolute Gasteiger partial charge is 0.119 e. The SMILES string of the molecule is CCOC1CCCN(Cc2cc(OC)ccc2N)C1. The summed E-state index contributed by atoms with van der Waals surface area (Å²) < 4.78 is 11.0. The average Bonchev–Trinajstić information content (AvgIpc) is 2.42. The van der Waals surface area contributed by atoms with Crippen LogP contribution >= 0.6 is 0 Å². The molecule has 106 valence electrons. The molecule has 0 radical (unpaired) electrons. The molecule has 0 spiro atoms. The van der Waals surface area contributed by atoms with Gasteiger partial charge in [0.15, 0.2) is 0 Å². The second kappa shape index (κ2) is 6.78. The molecular formula is C15H24N2O2. The summed E-state index contributed by atoms with van der Waals surface area (Å²) in [6.07, 6.45) is 2.72. The lowest BCUT2D eigenvalue weighted by atomic mass is 10.1. The summed E-state index contributed by atoms with van der Waals surface area (Å²) in [6, 6.07) is 5.84. The van der Waals surface area contributed by atoms with Gasteiger partial charge in [-0.2, -0.15) is 0 Å². The Kier molecular flexibility index (Phi) is 5.05. The Morgan fingerprint density at radius 2 is 2.26 bits per heavy atom. The number of anilines is 1. The Labute approximate surface area is 115 Å². The maximum absolute atomic E-state index is 6.04. The van der Waals surface area contributed by atoms with E-state index >= 15 is 0 Å². The first-order valence-corrected chi connectivity index (χ1v) is 6.99. The van der Waals surface area contributed by atoms with Gasteiger partial charge in [0.2, 0.25) is 0 Å². The number of nitrogens with two attached hydrogens (primary N) is 1. The van der Waals surface area contributed by atoms with E-state index in [0.717, 1.165) is 49.7 Å². The van der Waals surface area contributed by atoms with E-state index in [2.05, 4.69) is 11.8 Å². The maximum atomic E-state index is 6.04. The second-order valence-corrected chi connectivity index (χ2v) is 5.02. The van der Waals surface area contributed by atoms with E-state index in [1.165, 1.54) is 6.42 Å². The van der Waals surface area contributed by atoms with Crippen molar-refractivity contribution in [2.45, 2.75) is 32.4 Å². The first kappa shape index (κ1) is 14.2. The van der Waals surface area contributed by atoms with E-state index in [0.29, 0.717) is 6.10 Å². The molecule has 1 unspecified atom stereocenters. The second-order valence-electron chi connectivity index (χ2n) is 5.02. The zero-order valence-electron chi connectivity index (χ0n) is 11.9. The van der Waals surface area contributed by atoms with Gasteiger partial charge < -0.3 is 15.2 Å². The van der Waals surface area contributed by atoms with Crippen molar-refractivity contribution in [2.75, 3.05) is 32.5 Å².